The second-order valence-corrected chi connectivity index (χ2v) is 6.98. The molecule has 166 valence electrons. The Labute approximate surface area is 186 Å². The van der Waals surface area contributed by atoms with Crippen molar-refractivity contribution >= 4 is 29.5 Å². The summed E-state index contributed by atoms with van der Waals surface area (Å²) in [6.07, 6.45) is 1.62. The van der Waals surface area contributed by atoms with Crippen LogP contribution >= 0.6 is 0 Å². The number of para-hydroxylation sites is 2. The van der Waals surface area contributed by atoms with Gasteiger partial charge in [0.2, 0.25) is 0 Å². The summed E-state index contributed by atoms with van der Waals surface area (Å²) in [4.78, 5) is 38.2. The summed E-state index contributed by atoms with van der Waals surface area (Å²) < 4.78 is 15.6. The van der Waals surface area contributed by atoms with E-state index in [-0.39, 0.29) is 29.6 Å². The van der Waals surface area contributed by atoms with E-state index in [0.717, 1.165) is 0 Å². The number of ether oxygens (including phenoxy) is 3. The maximum atomic E-state index is 12.5. The molecule has 1 aliphatic rings. The molecular weight excluding hydrogens is 412 g/mol. The lowest BCUT2D eigenvalue weighted by Gasteiger charge is -2.11. The molecule has 2 amide bonds. The van der Waals surface area contributed by atoms with E-state index in [0.29, 0.717) is 28.4 Å². The number of nitrogens with zero attached hydrogens (tertiary/aromatic N) is 1. The van der Waals surface area contributed by atoms with Crippen molar-refractivity contribution in [2.24, 2.45) is 0 Å². The van der Waals surface area contributed by atoms with Crippen LogP contribution in [-0.4, -0.2) is 50.6 Å². The van der Waals surface area contributed by atoms with Crippen molar-refractivity contribution in [2.75, 3.05) is 33.2 Å². The molecule has 1 heterocycles. The number of esters is 1. The molecule has 0 fully saturated rings. The van der Waals surface area contributed by atoms with Crippen LogP contribution in [0.3, 0.4) is 0 Å². The molecule has 1 N–H and O–H groups in total. The number of nitrogens with one attached hydrogen (secondary N) is 1. The average molecular weight is 436 g/mol. The van der Waals surface area contributed by atoms with Crippen LogP contribution in [0.4, 0.5) is 5.69 Å². The van der Waals surface area contributed by atoms with Crippen LogP contribution in [0.1, 0.15) is 12.5 Å². The molecule has 0 radical (unpaired) electrons. The summed E-state index contributed by atoms with van der Waals surface area (Å²) >= 11 is 0. The zero-order chi connectivity index (χ0) is 23.3. The zero-order valence-electron chi connectivity index (χ0n) is 18.3. The van der Waals surface area contributed by atoms with Crippen molar-refractivity contribution in [2.45, 2.75) is 6.92 Å². The number of likely N-dealkylation sites (N-methyl/N-ethyl adjacent to an activating group) is 1. The summed E-state index contributed by atoms with van der Waals surface area (Å²) in [6, 6.07) is 13.9. The molecule has 0 bridgehead atoms. The van der Waals surface area contributed by atoms with E-state index in [4.69, 9.17) is 14.2 Å². The molecule has 3 rings (SSSR count). The largest absolute Gasteiger partial charge is 0.495 e. The monoisotopic (exact) mass is 436 g/mol. The summed E-state index contributed by atoms with van der Waals surface area (Å²) in [7, 11) is 4.41. The van der Waals surface area contributed by atoms with E-state index in [1.165, 1.54) is 19.1 Å². The fourth-order valence-corrected chi connectivity index (χ4v) is 3.21. The second kappa shape index (κ2) is 9.82. The van der Waals surface area contributed by atoms with E-state index in [1.807, 2.05) is 6.07 Å². The molecule has 32 heavy (non-hydrogen) atoms. The number of anilines is 1. The first kappa shape index (κ1) is 22.6. The van der Waals surface area contributed by atoms with Gasteiger partial charge < -0.3 is 24.4 Å². The fraction of sp³-hybridized carbons (Fsp3) is 0.208. The zero-order valence-corrected chi connectivity index (χ0v) is 18.3. The highest BCUT2D eigenvalue weighted by Crippen LogP contribution is 2.30. The van der Waals surface area contributed by atoms with Gasteiger partial charge in [-0.2, -0.15) is 0 Å². The molecule has 0 aliphatic carbocycles. The average Bonchev–Trinajstić information content (AvgIpc) is 3.02. The lowest BCUT2D eigenvalue weighted by molar-refractivity contribution is -0.136. The Hall–Kier alpha value is -4.07. The van der Waals surface area contributed by atoms with Gasteiger partial charge in [0, 0.05) is 12.7 Å². The van der Waals surface area contributed by atoms with Crippen molar-refractivity contribution in [1.82, 2.24) is 4.90 Å². The minimum absolute atomic E-state index is 0.184. The van der Waals surface area contributed by atoms with Crippen LogP contribution in [0.15, 0.2) is 65.4 Å². The number of hydrogen-bond donors (Lipinski definition) is 1. The smallest absolute Gasteiger partial charge is 0.340 e. The molecule has 0 saturated heterocycles. The summed E-state index contributed by atoms with van der Waals surface area (Å²) in [5.74, 6) is -0.134. The van der Waals surface area contributed by atoms with E-state index in [2.05, 4.69) is 5.32 Å². The molecule has 8 nitrogen and oxygen atoms in total. The van der Waals surface area contributed by atoms with Gasteiger partial charge in [-0.05, 0) is 42.8 Å². The van der Waals surface area contributed by atoms with Crippen molar-refractivity contribution in [1.29, 1.82) is 0 Å². The first-order valence-corrected chi connectivity index (χ1v) is 9.80. The van der Waals surface area contributed by atoms with Gasteiger partial charge in [-0.1, -0.05) is 24.3 Å². The Morgan fingerprint density at radius 3 is 2.41 bits per heavy atom. The molecule has 8 heteroatoms. The van der Waals surface area contributed by atoms with Crippen molar-refractivity contribution in [3.63, 3.8) is 0 Å². The van der Waals surface area contributed by atoms with Gasteiger partial charge in [-0.25, -0.2) is 4.79 Å². The second-order valence-electron chi connectivity index (χ2n) is 6.98. The highest BCUT2D eigenvalue weighted by molar-refractivity contribution is 6.16. The Balaban J connectivity index is 1.67. The van der Waals surface area contributed by atoms with E-state index in [9.17, 15) is 14.4 Å². The first-order chi connectivity index (χ1) is 15.3. The molecule has 0 saturated carbocycles. The van der Waals surface area contributed by atoms with E-state index >= 15 is 0 Å². The highest BCUT2D eigenvalue weighted by atomic mass is 16.5. The molecule has 0 atom stereocenters. The Morgan fingerprint density at radius 1 is 1.06 bits per heavy atom. The third-order valence-electron chi connectivity index (χ3n) is 5.00. The number of allylic oxidation sites excluding steroid dienone is 1. The number of amides is 2. The van der Waals surface area contributed by atoms with Gasteiger partial charge in [0.15, 0.2) is 6.61 Å². The van der Waals surface area contributed by atoms with Crippen molar-refractivity contribution in [3.8, 4) is 11.5 Å². The molecule has 0 unspecified atom stereocenters. The normalized spacial score (nSPS) is 14.6. The van der Waals surface area contributed by atoms with Gasteiger partial charge in [0.05, 0.1) is 31.1 Å². The Bertz CT molecular complexity index is 1100. The van der Waals surface area contributed by atoms with E-state index < -0.39 is 5.97 Å². The topological polar surface area (TPSA) is 94.2 Å². The van der Waals surface area contributed by atoms with Gasteiger partial charge in [-0.15, -0.1) is 0 Å². The molecule has 1 aliphatic heterocycles. The Morgan fingerprint density at radius 2 is 1.75 bits per heavy atom. The third kappa shape index (κ3) is 4.80. The summed E-state index contributed by atoms with van der Waals surface area (Å²) in [5.41, 5.74) is 2.30. The Kier molecular flexibility index (Phi) is 6.94. The fourth-order valence-electron chi connectivity index (χ4n) is 3.21. The van der Waals surface area contributed by atoms with Crippen LogP contribution in [0, 0.1) is 0 Å². The van der Waals surface area contributed by atoms with Crippen LogP contribution in [-0.2, 0) is 19.1 Å². The first-order valence-electron chi connectivity index (χ1n) is 9.80. The predicted octanol–water partition coefficient (Wildman–Crippen LogP) is 3.02. The number of rotatable bonds is 7. The van der Waals surface area contributed by atoms with Crippen LogP contribution in [0.25, 0.3) is 6.08 Å². The molecule has 2 aromatic rings. The van der Waals surface area contributed by atoms with Crippen LogP contribution < -0.4 is 14.8 Å². The van der Waals surface area contributed by atoms with E-state index in [1.54, 1.807) is 62.5 Å². The van der Waals surface area contributed by atoms with Crippen molar-refractivity contribution < 1.29 is 28.6 Å². The minimum Gasteiger partial charge on any atom is -0.495 e. The summed E-state index contributed by atoms with van der Waals surface area (Å²) in [5, 5.41) is 2.74. The molecule has 0 spiro atoms. The third-order valence-corrected chi connectivity index (χ3v) is 5.00. The number of hydrogen-bond acceptors (Lipinski definition) is 6. The number of benzene rings is 2. The molecule has 2 aromatic carbocycles. The van der Waals surface area contributed by atoms with Crippen LogP contribution in [0.2, 0.25) is 0 Å². The van der Waals surface area contributed by atoms with Gasteiger partial charge in [0.25, 0.3) is 11.8 Å². The van der Waals surface area contributed by atoms with Crippen LogP contribution in [0.5, 0.6) is 11.5 Å². The van der Waals surface area contributed by atoms with Gasteiger partial charge >= 0.3 is 5.97 Å². The number of carbonyl (C=O) groups is 3. The number of methoxy groups -OCH3 is 2. The minimum atomic E-state index is -0.563. The molecule has 0 aromatic heterocycles. The maximum Gasteiger partial charge on any atom is 0.340 e. The lowest BCUT2D eigenvalue weighted by atomic mass is 10.0. The number of carbonyl (C=O) groups excluding carboxylic acids is 3. The molecular formula is C24H24N2O6. The van der Waals surface area contributed by atoms with Gasteiger partial charge in [0.1, 0.15) is 11.5 Å². The SMILES string of the molecule is COC(=O)C1=C(C)N(C)C(=O)/C1=C\c1ccc(OCC(=O)Nc2ccccc2OC)cc1. The highest BCUT2D eigenvalue weighted by Gasteiger charge is 2.34. The van der Waals surface area contributed by atoms with Gasteiger partial charge in [-0.3, -0.25) is 9.59 Å². The standard InChI is InChI=1S/C24H24N2O6/c1-15-22(24(29)31-4)18(23(28)26(15)2)13-16-9-11-17(12-10-16)32-14-21(27)25-19-7-5-6-8-20(19)30-3/h5-13H,14H2,1-4H3,(H,25,27)/b18-13-. The predicted molar refractivity (Wildman–Crippen MR) is 119 cm³/mol. The van der Waals surface area contributed by atoms with Crippen molar-refractivity contribution in [3.05, 3.63) is 70.9 Å². The quantitative estimate of drug-likeness (QED) is 0.530. The lowest BCUT2D eigenvalue weighted by Crippen LogP contribution is -2.20. The maximum absolute atomic E-state index is 12.5. The summed E-state index contributed by atoms with van der Waals surface area (Å²) in [6.45, 7) is 1.51.